The highest BCUT2D eigenvalue weighted by atomic mass is 16.3. The van der Waals surface area contributed by atoms with Crippen LogP contribution in [-0.4, -0.2) is 55.4 Å². The molecular weight excluding hydrogens is 392 g/mol. The van der Waals surface area contributed by atoms with Crippen LogP contribution in [0.15, 0.2) is 66.7 Å². The number of aliphatic hydroxyl groups is 1. The second kappa shape index (κ2) is 7.85. The maximum absolute atomic E-state index is 13.0. The maximum Gasteiger partial charge on any atom is 0.271 e. The number of aliphatic hydroxyl groups excluding tert-OH is 1. The first-order chi connectivity index (χ1) is 15.1. The minimum atomic E-state index is -0.613. The molecule has 5 rings (SSSR count). The molecule has 3 heterocycles. The number of hydrogen-bond donors (Lipinski definition) is 3. The van der Waals surface area contributed by atoms with Crippen molar-refractivity contribution in [2.24, 2.45) is 5.92 Å². The molecule has 3 N–H and O–H groups in total. The molecular formula is C24H22N4O3. The number of nitrogens with zero attached hydrogens (tertiary/aromatic N) is 3. The average Bonchev–Trinajstić information content (AvgIpc) is 3.41. The number of hydrogen-bond acceptors (Lipinski definition) is 5. The monoisotopic (exact) mass is 414 g/mol. The van der Waals surface area contributed by atoms with Crippen molar-refractivity contribution in [3.63, 3.8) is 0 Å². The minimum Gasteiger partial charge on any atom is -0.507 e. The highest BCUT2D eigenvalue weighted by molar-refractivity contribution is 5.93. The maximum atomic E-state index is 13.0. The van der Waals surface area contributed by atoms with E-state index in [1.807, 2.05) is 36.4 Å². The Labute approximate surface area is 179 Å². The van der Waals surface area contributed by atoms with Crippen LogP contribution in [0.5, 0.6) is 5.75 Å². The number of carbonyl (C=O) groups excluding carboxylic acids is 1. The van der Waals surface area contributed by atoms with E-state index in [0.717, 1.165) is 16.6 Å². The lowest BCUT2D eigenvalue weighted by molar-refractivity contribution is 0.0759. The smallest absolute Gasteiger partial charge is 0.271 e. The van der Waals surface area contributed by atoms with E-state index in [4.69, 9.17) is 4.98 Å². The molecule has 2 atom stereocenters. The van der Waals surface area contributed by atoms with Crippen LogP contribution >= 0.6 is 0 Å². The molecule has 0 spiro atoms. The fourth-order valence-electron chi connectivity index (χ4n) is 4.14. The Bertz CT molecular complexity index is 1250. The molecule has 31 heavy (non-hydrogen) atoms. The number of para-hydroxylation sites is 2. The lowest BCUT2D eigenvalue weighted by Crippen LogP contribution is -2.29. The second-order valence-corrected chi connectivity index (χ2v) is 7.92. The molecule has 4 aromatic rings. The summed E-state index contributed by atoms with van der Waals surface area (Å²) in [4.78, 5) is 19.3. The number of benzene rings is 2. The minimum absolute atomic E-state index is 0.0850. The largest absolute Gasteiger partial charge is 0.507 e. The van der Waals surface area contributed by atoms with Gasteiger partial charge in [0, 0.05) is 35.7 Å². The number of aromatic nitrogens is 3. The first kappa shape index (κ1) is 19.3. The van der Waals surface area contributed by atoms with Gasteiger partial charge in [-0.05, 0) is 36.8 Å². The number of rotatable bonds is 4. The Kier molecular flexibility index (Phi) is 4.88. The third-order valence-corrected chi connectivity index (χ3v) is 5.81. The first-order valence-corrected chi connectivity index (χ1v) is 10.2. The van der Waals surface area contributed by atoms with Crippen LogP contribution < -0.4 is 0 Å². The molecule has 1 aliphatic rings. The number of H-pyrrole nitrogens is 1. The van der Waals surface area contributed by atoms with E-state index in [2.05, 4.69) is 10.2 Å². The number of aromatic hydroxyl groups is 1. The van der Waals surface area contributed by atoms with Gasteiger partial charge in [-0.2, -0.15) is 5.10 Å². The van der Waals surface area contributed by atoms with E-state index in [1.165, 1.54) is 0 Å². The normalized spacial score (nSPS) is 18.5. The Balaban J connectivity index is 1.30. The van der Waals surface area contributed by atoms with Crippen LogP contribution in [0.1, 0.15) is 16.2 Å². The second-order valence-electron chi connectivity index (χ2n) is 7.92. The zero-order valence-corrected chi connectivity index (χ0v) is 16.8. The van der Waals surface area contributed by atoms with Crippen LogP contribution in [0.2, 0.25) is 0 Å². The van der Waals surface area contributed by atoms with Crippen molar-refractivity contribution in [2.45, 2.75) is 12.5 Å². The fourth-order valence-corrected chi connectivity index (χ4v) is 4.14. The summed E-state index contributed by atoms with van der Waals surface area (Å²) in [6, 6.07) is 20.4. The average molecular weight is 414 g/mol. The topological polar surface area (TPSA) is 102 Å². The van der Waals surface area contributed by atoms with Crippen molar-refractivity contribution in [3.8, 4) is 17.0 Å². The number of amides is 1. The summed E-state index contributed by atoms with van der Waals surface area (Å²) >= 11 is 0. The van der Waals surface area contributed by atoms with Crippen molar-refractivity contribution in [2.75, 3.05) is 13.1 Å². The molecule has 1 saturated heterocycles. The zero-order valence-electron chi connectivity index (χ0n) is 16.8. The van der Waals surface area contributed by atoms with E-state index in [-0.39, 0.29) is 24.1 Å². The quantitative estimate of drug-likeness (QED) is 0.476. The Morgan fingerprint density at radius 3 is 2.74 bits per heavy atom. The number of phenols is 1. The predicted molar refractivity (Wildman–Crippen MR) is 117 cm³/mol. The van der Waals surface area contributed by atoms with Crippen molar-refractivity contribution in [3.05, 3.63) is 78.1 Å². The third kappa shape index (κ3) is 3.75. The molecule has 0 bridgehead atoms. The number of phenolic OH excluding ortho intramolecular Hbond substituents is 1. The molecule has 156 valence electrons. The van der Waals surface area contributed by atoms with Crippen molar-refractivity contribution in [1.82, 2.24) is 20.1 Å². The van der Waals surface area contributed by atoms with Gasteiger partial charge in [0.25, 0.3) is 5.91 Å². The van der Waals surface area contributed by atoms with Gasteiger partial charge in [0.15, 0.2) is 0 Å². The van der Waals surface area contributed by atoms with Gasteiger partial charge in [0.05, 0.1) is 17.3 Å². The summed E-state index contributed by atoms with van der Waals surface area (Å²) < 4.78 is 0. The van der Waals surface area contributed by atoms with E-state index < -0.39 is 6.10 Å². The summed E-state index contributed by atoms with van der Waals surface area (Å²) in [7, 11) is 0. The van der Waals surface area contributed by atoms with Crippen molar-refractivity contribution in [1.29, 1.82) is 0 Å². The van der Waals surface area contributed by atoms with Crippen LogP contribution in [-0.2, 0) is 6.42 Å². The van der Waals surface area contributed by atoms with Crippen LogP contribution in [0.4, 0.5) is 0 Å². The van der Waals surface area contributed by atoms with Gasteiger partial charge >= 0.3 is 0 Å². The molecule has 0 radical (unpaired) electrons. The summed E-state index contributed by atoms with van der Waals surface area (Å²) in [6.07, 6.45) is -0.0141. The van der Waals surface area contributed by atoms with Gasteiger partial charge in [-0.25, -0.2) is 0 Å². The van der Waals surface area contributed by atoms with Crippen LogP contribution in [0, 0.1) is 5.92 Å². The van der Waals surface area contributed by atoms with E-state index in [9.17, 15) is 15.0 Å². The standard InChI is InChI=1S/C24H22N4O3/c29-22-8-4-2-6-18(22)20-12-21(27-26-20)24(31)28-13-16(23(30)14-28)11-17-10-9-15-5-1-3-7-19(15)25-17/h1-10,12,16,23,29-30H,11,13-14H2,(H,26,27)/t16-,23-/m1/s1. The van der Waals surface area contributed by atoms with Gasteiger partial charge in [-0.3, -0.25) is 14.9 Å². The fraction of sp³-hybridized carbons (Fsp3) is 0.208. The lowest BCUT2D eigenvalue weighted by atomic mass is 9.99. The Hall–Kier alpha value is -3.71. The SMILES string of the molecule is O=C(c1cc(-c2ccccc2O)n[nH]1)N1C[C@@H](Cc2ccc3ccccc3n2)[C@H](O)C1. The highest BCUT2D eigenvalue weighted by Crippen LogP contribution is 2.28. The molecule has 7 nitrogen and oxygen atoms in total. The number of nitrogens with one attached hydrogen (secondary N) is 1. The van der Waals surface area contributed by atoms with Gasteiger partial charge in [0.2, 0.25) is 0 Å². The Morgan fingerprint density at radius 2 is 1.87 bits per heavy atom. The van der Waals surface area contributed by atoms with E-state index >= 15 is 0 Å². The molecule has 0 unspecified atom stereocenters. The van der Waals surface area contributed by atoms with Gasteiger partial charge in [-0.15, -0.1) is 0 Å². The van der Waals surface area contributed by atoms with Crippen molar-refractivity contribution < 1.29 is 15.0 Å². The van der Waals surface area contributed by atoms with E-state index in [1.54, 1.807) is 35.2 Å². The summed E-state index contributed by atoms with van der Waals surface area (Å²) in [6.45, 7) is 0.710. The first-order valence-electron chi connectivity index (χ1n) is 10.2. The van der Waals surface area contributed by atoms with Gasteiger partial charge in [-0.1, -0.05) is 36.4 Å². The number of aromatic amines is 1. The van der Waals surface area contributed by atoms with Crippen molar-refractivity contribution >= 4 is 16.8 Å². The molecule has 2 aromatic carbocycles. The molecule has 0 aliphatic carbocycles. The highest BCUT2D eigenvalue weighted by Gasteiger charge is 2.35. The molecule has 7 heteroatoms. The van der Waals surface area contributed by atoms with Crippen LogP contribution in [0.3, 0.4) is 0 Å². The molecule has 1 fully saturated rings. The zero-order chi connectivity index (χ0) is 21.4. The lowest BCUT2D eigenvalue weighted by Gasteiger charge is -2.15. The summed E-state index contributed by atoms with van der Waals surface area (Å²) in [5, 5.41) is 28.6. The molecule has 0 saturated carbocycles. The number of fused-ring (bicyclic) bond motifs is 1. The number of pyridine rings is 1. The number of likely N-dealkylation sites (tertiary alicyclic amines) is 1. The molecule has 1 aliphatic heterocycles. The number of β-amino-alcohol motifs (C(OH)–C–C–N with tert-alkyl or cyclic N) is 1. The van der Waals surface area contributed by atoms with Crippen LogP contribution in [0.25, 0.3) is 22.2 Å². The van der Waals surface area contributed by atoms with E-state index in [0.29, 0.717) is 29.9 Å². The third-order valence-electron chi connectivity index (χ3n) is 5.81. The van der Waals surface area contributed by atoms with Gasteiger partial charge in [0.1, 0.15) is 11.4 Å². The molecule has 2 aromatic heterocycles. The van der Waals surface area contributed by atoms with Gasteiger partial charge < -0.3 is 15.1 Å². The predicted octanol–water partition coefficient (Wildman–Crippen LogP) is 3.01. The number of carbonyl (C=O) groups is 1. The summed E-state index contributed by atoms with van der Waals surface area (Å²) in [5.74, 6) is -0.201. The Morgan fingerprint density at radius 1 is 1.06 bits per heavy atom. The summed E-state index contributed by atoms with van der Waals surface area (Å²) in [5.41, 5.74) is 3.21. The molecule has 1 amide bonds.